The molecule has 4 atom stereocenters. The smallest absolute Gasteiger partial charge is 0.245 e. The summed E-state index contributed by atoms with van der Waals surface area (Å²) in [5.41, 5.74) is 11.3. The van der Waals surface area contributed by atoms with E-state index in [1.807, 2.05) is 4.90 Å². The molecule has 1 saturated carbocycles. The molecule has 1 amide bonds. The molecule has 3 aliphatic heterocycles. The van der Waals surface area contributed by atoms with E-state index in [9.17, 15) is 4.79 Å². The molecular formula is C25H36N6O. The third-order valence-corrected chi connectivity index (χ3v) is 8.93. The van der Waals surface area contributed by atoms with Gasteiger partial charge >= 0.3 is 0 Å². The highest BCUT2D eigenvalue weighted by atomic mass is 16.2. The van der Waals surface area contributed by atoms with Gasteiger partial charge in [0, 0.05) is 55.8 Å². The summed E-state index contributed by atoms with van der Waals surface area (Å²) in [4.78, 5) is 26.8. The molecule has 4 heterocycles. The van der Waals surface area contributed by atoms with Crippen molar-refractivity contribution >= 4 is 11.9 Å². The molecular weight excluding hydrogens is 400 g/mol. The molecule has 7 nitrogen and oxygen atoms in total. The van der Waals surface area contributed by atoms with Crippen LogP contribution in [0.3, 0.4) is 0 Å². The zero-order valence-electron chi connectivity index (χ0n) is 19.3. The number of amides is 1. The number of hydrogen-bond acceptors (Lipinski definition) is 6. The highest BCUT2D eigenvalue weighted by Crippen LogP contribution is 2.46. The van der Waals surface area contributed by atoms with Crippen molar-refractivity contribution in [2.24, 2.45) is 17.3 Å². The van der Waals surface area contributed by atoms with Crippen molar-refractivity contribution < 1.29 is 4.79 Å². The van der Waals surface area contributed by atoms with Crippen molar-refractivity contribution in [1.29, 1.82) is 0 Å². The van der Waals surface area contributed by atoms with Crippen LogP contribution in [-0.2, 0) is 17.6 Å². The zero-order chi connectivity index (χ0) is 21.9. The quantitative estimate of drug-likeness (QED) is 0.708. The fraction of sp³-hybridized carbons (Fsp3) is 0.720. The van der Waals surface area contributed by atoms with E-state index in [0.29, 0.717) is 23.8 Å². The Morgan fingerprint density at radius 3 is 2.88 bits per heavy atom. The minimum Gasteiger partial charge on any atom is -0.340 e. The molecule has 0 radical (unpaired) electrons. The molecule has 4 fully saturated rings. The van der Waals surface area contributed by atoms with E-state index >= 15 is 0 Å². The largest absolute Gasteiger partial charge is 0.340 e. The fourth-order valence-electron chi connectivity index (χ4n) is 7.18. The van der Waals surface area contributed by atoms with Crippen LogP contribution >= 0.6 is 0 Å². The Hall–Kier alpha value is -1.99. The second-order valence-electron chi connectivity index (χ2n) is 11.0. The number of carbonyl (C=O) groups is 1. The molecule has 1 aromatic rings. The van der Waals surface area contributed by atoms with Gasteiger partial charge in [-0.1, -0.05) is 13.5 Å². The van der Waals surface area contributed by atoms with Crippen LogP contribution in [0.2, 0.25) is 0 Å². The molecule has 4 unspecified atom stereocenters. The van der Waals surface area contributed by atoms with Crippen molar-refractivity contribution in [3.63, 3.8) is 0 Å². The summed E-state index contributed by atoms with van der Waals surface area (Å²) >= 11 is 0. The van der Waals surface area contributed by atoms with Gasteiger partial charge in [0.2, 0.25) is 11.9 Å². The van der Waals surface area contributed by atoms with Crippen LogP contribution in [0.25, 0.3) is 0 Å². The van der Waals surface area contributed by atoms with Gasteiger partial charge in [0.15, 0.2) is 0 Å². The number of rotatable bonds is 3. The number of hydrazine groups is 1. The molecule has 0 aromatic carbocycles. The number of carbonyl (C=O) groups excluding carboxylic acids is 1. The van der Waals surface area contributed by atoms with Gasteiger partial charge in [-0.15, -0.1) is 0 Å². The first-order valence-corrected chi connectivity index (χ1v) is 12.6. The Morgan fingerprint density at radius 2 is 2.03 bits per heavy atom. The molecule has 172 valence electrons. The highest BCUT2D eigenvalue weighted by Gasteiger charge is 2.50. The van der Waals surface area contributed by atoms with Crippen molar-refractivity contribution in [3.8, 4) is 0 Å². The maximum atomic E-state index is 11.9. The molecule has 7 heteroatoms. The summed E-state index contributed by atoms with van der Waals surface area (Å²) in [6, 6.07) is 0.562. The molecule has 0 bridgehead atoms. The molecule has 1 spiro atoms. The average molecular weight is 437 g/mol. The lowest BCUT2D eigenvalue weighted by molar-refractivity contribution is -0.136. The number of nitrogens with zero attached hydrogens (tertiary/aromatic N) is 4. The van der Waals surface area contributed by atoms with Gasteiger partial charge in [-0.05, 0) is 68.4 Å². The number of hydrogen-bond donors (Lipinski definition) is 2. The first-order valence-electron chi connectivity index (χ1n) is 12.6. The summed E-state index contributed by atoms with van der Waals surface area (Å²) in [5.74, 6) is 2.77. The molecule has 3 saturated heterocycles. The molecule has 6 rings (SSSR count). The predicted octanol–water partition coefficient (Wildman–Crippen LogP) is 2.19. The maximum absolute atomic E-state index is 11.9. The summed E-state index contributed by atoms with van der Waals surface area (Å²) in [7, 11) is 0. The molecule has 32 heavy (non-hydrogen) atoms. The fourth-order valence-corrected chi connectivity index (χ4v) is 7.18. The van der Waals surface area contributed by atoms with E-state index in [1.165, 1.54) is 48.7 Å². The van der Waals surface area contributed by atoms with Crippen molar-refractivity contribution in [2.75, 3.05) is 37.6 Å². The van der Waals surface area contributed by atoms with Crippen LogP contribution < -0.4 is 15.8 Å². The van der Waals surface area contributed by atoms with Gasteiger partial charge in [0.1, 0.15) is 0 Å². The van der Waals surface area contributed by atoms with Gasteiger partial charge in [0.05, 0.1) is 5.69 Å². The summed E-state index contributed by atoms with van der Waals surface area (Å²) in [6.45, 7) is 10.7. The number of fused-ring (bicyclic) bond motifs is 2. The number of nitrogens with one attached hydrogen (secondary N) is 2. The lowest BCUT2D eigenvalue weighted by atomic mass is 9.68. The van der Waals surface area contributed by atoms with Crippen LogP contribution in [0, 0.1) is 17.3 Å². The van der Waals surface area contributed by atoms with E-state index < -0.39 is 0 Å². The Balaban J connectivity index is 1.31. The monoisotopic (exact) mass is 436 g/mol. The number of aromatic nitrogens is 2. The van der Waals surface area contributed by atoms with Crippen LogP contribution in [0.5, 0.6) is 0 Å². The second kappa shape index (κ2) is 7.80. The van der Waals surface area contributed by atoms with Crippen molar-refractivity contribution in [3.05, 3.63) is 29.6 Å². The first-order chi connectivity index (χ1) is 15.6. The predicted molar refractivity (Wildman–Crippen MR) is 124 cm³/mol. The molecule has 2 N–H and O–H groups in total. The van der Waals surface area contributed by atoms with Gasteiger partial charge in [-0.25, -0.2) is 9.97 Å². The third kappa shape index (κ3) is 3.27. The third-order valence-electron chi connectivity index (χ3n) is 8.93. The number of aryl methyl sites for hydroxylation is 1. The Morgan fingerprint density at radius 1 is 1.19 bits per heavy atom. The van der Waals surface area contributed by atoms with Gasteiger partial charge in [-0.3, -0.25) is 15.6 Å². The van der Waals surface area contributed by atoms with E-state index in [-0.39, 0.29) is 11.3 Å². The Bertz CT molecular complexity index is 925. The maximum Gasteiger partial charge on any atom is 0.245 e. The van der Waals surface area contributed by atoms with Crippen LogP contribution in [0.4, 0.5) is 5.95 Å². The lowest BCUT2D eigenvalue weighted by Gasteiger charge is -2.47. The first kappa shape index (κ1) is 20.6. The van der Waals surface area contributed by atoms with E-state index in [0.717, 1.165) is 57.9 Å². The normalized spacial score (nSPS) is 33.0. The van der Waals surface area contributed by atoms with Gasteiger partial charge < -0.3 is 9.80 Å². The SMILES string of the molecule is C=CC(=O)N1CC2(CCN(c3nc4c(c(C5C(C)CCC6NNCC65)n3)CCCC4)C2)C1. The van der Waals surface area contributed by atoms with Crippen molar-refractivity contribution in [1.82, 2.24) is 25.7 Å². The standard InChI is InChI=1S/C25H36N6O/c1-3-21(32)31-14-25(15-31)10-11-30(13-25)24-27-19-7-5-4-6-17(19)23(28-24)22-16(2)8-9-20-18(22)12-26-29-20/h3,16,18,20,22,26,29H,1,4-15H2,2H3. The minimum absolute atomic E-state index is 0.0565. The van der Waals surface area contributed by atoms with E-state index in [1.54, 1.807) is 0 Å². The molecule has 2 aliphatic carbocycles. The average Bonchev–Trinajstić information content (AvgIpc) is 3.44. The van der Waals surface area contributed by atoms with Gasteiger partial charge in [-0.2, -0.15) is 0 Å². The van der Waals surface area contributed by atoms with Crippen molar-refractivity contribution in [2.45, 2.75) is 63.8 Å². The highest BCUT2D eigenvalue weighted by molar-refractivity contribution is 5.87. The summed E-state index contributed by atoms with van der Waals surface area (Å²) in [5, 5.41) is 0. The topological polar surface area (TPSA) is 73.4 Å². The van der Waals surface area contributed by atoms with Crippen LogP contribution in [0.15, 0.2) is 12.7 Å². The minimum atomic E-state index is 0.0565. The van der Waals surface area contributed by atoms with E-state index in [4.69, 9.17) is 9.97 Å². The zero-order valence-corrected chi connectivity index (χ0v) is 19.3. The Labute approximate surface area is 191 Å². The number of likely N-dealkylation sites (tertiary alicyclic amines) is 1. The lowest BCUT2D eigenvalue weighted by Crippen LogP contribution is -2.59. The van der Waals surface area contributed by atoms with Crippen LogP contribution in [0.1, 0.15) is 61.9 Å². The molecule has 5 aliphatic rings. The summed E-state index contributed by atoms with van der Waals surface area (Å²) in [6.07, 6.45) is 9.78. The number of anilines is 1. The van der Waals surface area contributed by atoms with Gasteiger partial charge in [0.25, 0.3) is 0 Å². The Kier molecular flexibility index (Phi) is 5.02. The van der Waals surface area contributed by atoms with Crippen LogP contribution in [-0.4, -0.2) is 59.5 Å². The summed E-state index contributed by atoms with van der Waals surface area (Å²) < 4.78 is 0. The second-order valence-corrected chi connectivity index (χ2v) is 11.0. The van der Waals surface area contributed by atoms with E-state index in [2.05, 4.69) is 29.3 Å². The molecule has 1 aromatic heterocycles.